The van der Waals surface area contributed by atoms with E-state index in [0.29, 0.717) is 25.9 Å². The molecular weight excluding hydrogens is 1030 g/mol. The number of aliphatic hydroxyl groups is 2. The molecule has 0 bridgehead atoms. The van der Waals surface area contributed by atoms with Crippen LogP contribution < -0.4 is 5.32 Å². The first-order valence-corrected chi connectivity index (χ1v) is 39.3. The van der Waals surface area contributed by atoms with Crippen LogP contribution in [-0.2, 0) is 14.3 Å². The third-order valence-electron chi connectivity index (χ3n) is 18.9. The van der Waals surface area contributed by atoms with Crippen molar-refractivity contribution in [1.29, 1.82) is 0 Å². The average Bonchev–Trinajstić information content (AvgIpc) is 3.50. The van der Waals surface area contributed by atoms with Crippen LogP contribution in [0.4, 0.5) is 0 Å². The molecule has 0 radical (unpaired) electrons. The average molecular weight is 1190 g/mol. The van der Waals surface area contributed by atoms with Crippen molar-refractivity contribution in [3.63, 3.8) is 0 Å². The Hall–Kier alpha value is -1.14. The van der Waals surface area contributed by atoms with E-state index in [1.807, 2.05) is 0 Å². The van der Waals surface area contributed by atoms with Crippen LogP contribution >= 0.6 is 0 Å². The lowest BCUT2D eigenvalue weighted by atomic mass is 10.0. The minimum Gasteiger partial charge on any atom is -0.466 e. The number of amides is 1. The Morgan fingerprint density at radius 1 is 0.286 bits per heavy atom. The highest BCUT2D eigenvalue weighted by molar-refractivity contribution is 5.76. The van der Waals surface area contributed by atoms with Gasteiger partial charge in [-0.25, -0.2) is 0 Å². The summed E-state index contributed by atoms with van der Waals surface area (Å²) in [7, 11) is 0. The van der Waals surface area contributed by atoms with Crippen molar-refractivity contribution in [1.82, 2.24) is 5.32 Å². The molecule has 0 fully saturated rings. The molecule has 502 valence electrons. The summed E-state index contributed by atoms with van der Waals surface area (Å²) in [6.45, 7) is 5.01. The van der Waals surface area contributed by atoms with Crippen molar-refractivity contribution in [2.45, 2.75) is 475 Å². The third-order valence-corrected chi connectivity index (χ3v) is 18.9. The Kier molecular flexibility index (Phi) is 73.3. The number of nitrogens with one attached hydrogen (secondary N) is 1. The van der Waals surface area contributed by atoms with Crippen molar-refractivity contribution in [3.05, 3.63) is 0 Å². The number of esters is 1. The summed E-state index contributed by atoms with van der Waals surface area (Å²) < 4.78 is 5.49. The van der Waals surface area contributed by atoms with Gasteiger partial charge >= 0.3 is 5.97 Å². The standard InChI is InChI=1S/C78H155NO5/c1-3-5-7-9-11-13-15-17-18-19-20-21-35-38-41-44-47-50-54-58-62-66-70-76(81)75(74-80)79-77(82)71-67-63-59-55-51-48-45-42-39-36-33-31-29-27-25-23-22-24-26-28-30-32-34-37-40-43-46-49-53-57-61-65-69-73-84-78(83)72-68-64-60-56-52-16-14-12-10-8-6-4-2/h75-76,80-81H,3-74H2,1-2H3,(H,79,82). The van der Waals surface area contributed by atoms with Crippen LogP contribution in [0, 0.1) is 0 Å². The minimum absolute atomic E-state index is 0.0238. The Morgan fingerprint density at radius 3 is 0.726 bits per heavy atom. The summed E-state index contributed by atoms with van der Waals surface area (Å²) in [5.41, 5.74) is 0. The van der Waals surface area contributed by atoms with E-state index in [1.54, 1.807) is 0 Å². The van der Waals surface area contributed by atoms with Crippen molar-refractivity contribution < 1.29 is 24.5 Å². The van der Waals surface area contributed by atoms with Gasteiger partial charge in [-0.15, -0.1) is 0 Å². The lowest BCUT2D eigenvalue weighted by Gasteiger charge is -2.22. The Balaban J connectivity index is 3.32. The molecule has 2 unspecified atom stereocenters. The maximum absolute atomic E-state index is 12.6. The molecule has 0 aliphatic carbocycles. The van der Waals surface area contributed by atoms with E-state index in [4.69, 9.17) is 4.74 Å². The van der Waals surface area contributed by atoms with E-state index in [-0.39, 0.29) is 18.5 Å². The normalized spacial score (nSPS) is 12.4. The number of rotatable bonds is 75. The molecular formula is C78H155NO5. The molecule has 0 rings (SSSR count). The van der Waals surface area contributed by atoms with Crippen molar-refractivity contribution in [3.8, 4) is 0 Å². The SMILES string of the molecule is CCCCCCCCCCCCCCCCCCCCCCCCC(O)C(CO)NC(=O)CCCCCCCCCCCCCCCCCCCCCCCCCCCCCCCCCCCOC(=O)CCCCCCCCCCCCCC. The molecule has 1 amide bonds. The first-order chi connectivity index (χ1) is 41.5. The quantitative estimate of drug-likeness (QED) is 0.0417. The number of carbonyl (C=O) groups excluding carboxylic acids is 2. The van der Waals surface area contributed by atoms with Gasteiger partial charge in [-0.3, -0.25) is 9.59 Å². The fraction of sp³-hybridized carbons (Fsp3) is 0.974. The number of unbranched alkanes of at least 4 members (excludes halogenated alkanes) is 64. The smallest absolute Gasteiger partial charge is 0.305 e. The molecule has 0 saturated carbocycles. The summed E-state index contributed by atoms with van der Waals surface area (Å²) in [6, 6.07) is -0.538. The third kappa shape index (κ3) is 70.0. The predicted octanol–water partition coefficient (Wildman–Crippen LogP) is 25.7. The highest BCUT2D eigenvalue weighted by Crippen LogP contribution is 2.21. The molecule has 84 heavy (non-hydrogen) atoms. The van der Waals surface area contributed by atoms with Crippen LogP contribution in [0.2, 0.25) is 0 Å². The van der Waals surface area contributed by atoms with Crippen molar-refractivity contribution in [2.24, 2.45) is 0 Å². The van der Waals surface area contributed by atoms with Gasteiger partial charge in [0, 0.05) is 12.8 Å². The van der Waals surface area contributed by atoms with Gasteiger partial charge in [-0.05, 0) is 25.7 Å². The van der Waals surface area contributed by atoms with Crippen LogP contribution in [0.3, 0.4) is 0 Å². The lowest BCUT2D eigenvalue weighted by Crippen LogP contribution is -2.45. The summed E-state index contributed by atoms with van der Waals surface area (Å²) in [5, 5.41) is 23.5. The van der Waals surface area contributed by atoms with E-state index in [9.17, 15) is 19.8 Å². The van der Waals surface area contributed by atoms with E-state index in [2.05, 4.69) is 19.2 Å². The van der Waals surface area contributed by atoms with Gasteiger partial charge in [0.1, 0.15) is 0 Å². The molecule has 3 N–H and O–H groups in total. The van der Waals surface area contributed by atoms with E-state index in [0.717, 1.165) is 38.5 Å². The highest BCUT2D eigenvalue weighted by Gasteiger charge is 2.20. The van der Waals surface area contributed by atoms with E-state index < -0.39 is 12.1 Å². The molecule has 2 atom stereocenters. The minimum atomic E-state index is -0.661. The number of aliphatic hydroxyl groups excluding tert-OH is 2. The molecule has 0 aliphatic heterocycles. The molecule has 0 aromatic heterocycles. The zero-order valence-electron chi connectivity index (χ0n) is 57.7. The molecule has 0 aliphatic rings. The van der Waals surface area contributed by atoms with Gasteiger partial charge in [0.25, 0.3) is 0 Å². The van der Waals surface area contributed by atoms with E-state index in [1.165, 1.54) is 392 Å². The molecule has 0 aromatic rings. The van der Waals surface area contributed by atoms with Crippen molar-refractivity contribution >= 4 is 11.9 Å². The zero-order valence-corrected chi connectivity index (χ0v) is 57.7. The molecule has 0 heterocycles. The second-order valence-electron chi connectivity index (χ2n) is 27.4. The molecule has 0 aromatic carbocycles. The summed E-state index contributed by atoms with van der Waals surface area (Å²) in [6.07, 6.45) is 92.0. The Bertz CT molecular complexity index is 1230. The van der Waals surface area contributed by atoms with Gasteiger partial charge in [0.05, 0.1) is 25.4 Å². The van der Waals surface area contributed by atoms with Gasteiger partial charge in [-0.2, -0.15) is 0 Å². The first kappa shape index (κ1) is 82.9. The second kappa shape index (κ2) is 74.3. The van der Waals surface area contributed by atoms with E-state index >= 15 is 0 Å². The summed E-state index contributed by atoms with van der Waals surface area (Å²) in [4.78, 5) is 24.6. The van der Waals surface area contributed by atoms with Gasteiger partial charge in [0.2, 0.25) is 5.91 Å². The van der Waals surface area contributed by atoms with Crippen molar-refractivity contribution in [2.75, 3.05) is 13.2 Å². The van der Waals surface area contributed by atoms with Crippen LogP contribution in [0.25, 0.3) is 0 Å². The molecule has 6 heteroatoms. The maximum atomic E-state index is 12.6. The monoisotopic (exact) mass is 1190 g/mol. The topological polar surface area (TPSA) is 95.9 Å². The van der Waals surface area contributed by atoms with Gasteiger partial charge in [-0.1, -0.05) is 425 Å². The highest BCUT2D eigenvalue weighted by atomic mass is 16.5. The van der Waals surface area contributed by atoms with Crippen LogP contribution in [0.1, 0.15) is 463 Å². The maximum Gasteiger partial charge on any atom is 0.305 e. The molecule has 6 nitrogen and oxygen atoms in total. The summed E-state index contributed by atoms with van der Waals surface area (Å²) >= 11 is 0. The van der Waals surface area contributed by atoms with Crippen LogP contribution in [-0.4, -0.2) is 47.4 Å². The fourth-order valence-electron chi connectivity index (χ4n) is 12.9. The largest absolute Gasteiger partial charge is 0.466 e. The fourth-order valence-corrected chi connectivity index (χ4v) is 12.9. The van der Waals surface area contributed by atoms with Gasteiger partial charge in [0.15, 0.2) is 0 Å². The molecule has 0 saturated heterocycles. The number of ether oxygens (including phenoxy) is 1. The predicted molar refractivity (Wildman–Crippen MR) is 371 cm³/mol. The Labute approximate surface area is 527 Å². The number of hydrogen-bond donors (Lipinski definition) is 3. The summed E-state index contributed by atoms with van der Waals surface area (Å²) in [5.74, 6) is -0.000143. The Morgan fingerprint density at radius 2 is 0.488 bits per heavy atom. The first-order valence-electron chi connectivity index (χ1n) is 39.3. The second-order valence-corrected chi connectivity index (χ2v) is 27.4. The zero-order chi connectivity index (χ0) is 60.6. The lowest BCUT2D eigenvalue weighted by molar-refractivity contribution is -0.143. The molecule has 0 spiro atoms. The van der Waals surface area contributed by atoms with Gasteiger partial charge < -0.3 is 20.3 Å². The van der Waals surface area contributed by atoms with Crippen LogP contribution in [0.15, 0.2) is 0 Å². The number of carbonyl (C=O) groups is 2. The number of hydrogen-bond acceptors (Lipinski definition) is 5. The van der Waals surface area contributed by atoms with Crippen LogP contribution in [0.5, 0.6) is 0 Å².